The second-order valence-electron chi connectivity index (χ2n) is 6.68. The van der Waals surface area contributed by atoms with Crippen LogP contribution in [0.25, 0.3) is 0 Å². The topological polar surface area (TPSA) is 20.2 Å². The second kappa shape index (κ2) is 6.97. The first-order chi connectivity index (χ1) is 8.69. The van der Waals surface area contributed by atoms with Gasteiger partial charge >= 0.3 is 0 Å². The molecule has 108 valence electrons. The van der Waals surface area contributed by atoms with E-state index in [9.17, 15) is 5.11 Å². The quantitative estimate of drug-likeness (QED) is 0.776. The highest BCUT2D eigenvalue weighted by Gasteiger charge is 2.19. The van der Waals surface area contributed by atoms with Gasteiger partial charge in [0.25, 0.3) is 0 Å². The van der Waals surface area contributed by atoms with Crippen molar-refractivity contribution >= 4 is 23.2 Å². The summed E-state index contributed by atoms with van der Waals surface area (Å²) >= 11 is 12.1. The van der Waals surface area contributed by atoms with Crippen molar-refractivity contribution in [3.05, 3.63) is 33.8 Å². The second-order valence-corrected chi connectivity index (χ2v) is 7.46. The Balaban J connectivity index is 2.56. The van der Waals surface area contributed by atoms with Crippen LogP contribution in [0.1, 0.15) is 46.1 Å². The molecule has 0 aliphatic rings. The molecule has 0 heterocycles. The molecule has 19 heavy (non-hydrogen) atoms. The van der Waals surface area contributed by atoms with Crippen LogP contribution < -0.4 is 0 Å². The molecule has 0 amide bonds. The molecule has 0 saturated carbocycles. The molecule has 0 aromatic heterocycles. The number of benzene rings is 1. The Kier molecular flexibility index (Phi) is 6.16. The van der Waals surface area contributed by atoms with Crippen LogP contribution in [0.15, 0.2) is 18.2 Å². The minimum atomic E-state index is -0.367. The van der Waals surface area contributed by atoms with Crippen LogP contribution in [0.2, 0.25) is 10.0 Å². The smallest absolute Gasteiger partial charge is 0.0625 e. The van der Waals surface area contributed by atoms with Crippen molar-refractivity contribution in [2.75, 3.05) is 0 Å². The van der Waals surface area contributed by atoms with Crippen LogP contribution in [0.5, 0.6) is 0 Å². The molecule has 1 N–H and O–H groups in total. The monoisotopic (exact) mass is 302 g/mol. The van der Waals surface area contributed by atoms with Crippen molar-refractivity contribution in [1.29, 1.82) is 0 Å². The van der Waals surface area contributed by atoms with Crippen LogP contribution in [0, 0.1) is 11.3 Å². The van der Waals surface area contributed by atoms with Gasteiger partial charge in [-0.1, -0.05) is 63.0 Å². The van der Waals surface area contributed by atoms with E-state index in [4.69, 9.17) is 23.2 Å². The number of hydrogen-bond donors (Lipinski definition) is 1. The number of aliphatic hydroxyl groups is 1. The highest BCUT2D eigenvalue weighted by Crippen LogP contribution is 2.29. The number of hydrogen-bond acceptors (Lipinski definition) is 1. The third-order valence-electron chi connectivity index (χ3n) is 3.12. The van der Waals surface area contributed by atoms with Gasteiger partial charge in [-0.25, -0.2) is 0 Å². The Morgan fingerprint density at radius 3 is 2.42 bits per heavy atom. The average molecular weight is 303 g/mol. The Bertz CT molecular complexity index is 410. The fourth-order valence-electron chi connectivity index (χ4n) is 2.64. The van der Waals surface area contributed by atoms with Crippen molar-refractivity contribution in [2.24, 2.45) is 11.3 Å². The van der Waals surface area contributed by atoms with E-state index in [1.807, 2.05) is 12.1 Å². The summed E-state index contributed by atoms with van der Waals surface area (Å²) in [6.07, 6.45) is 2.09. The molecule has 3 heteroatoms. The summed E-state index contributed by atoms with van der Waals surface area (Å²) in [7, 11) is 0. The van der Waals surface area contributed by atoms with E-state index >= 15 is 0 Å². The number of rotatable bonds is 5. The summed E-state index contributed by atoms with van der Waals surface area (Å²) in [6.45, 7) is 8.87. The molecule has 0 spiro atoms. The molecule has 0 fully saturated rings. The maximum Gasteiger partial charge on any atom is 0.0625 e. The summed E-state index contributed by atoms with van der Waals surface area (Å²) in [6, 6.07) is 5.56. The molecule has 0 radical (unpaired) electrons. The van der Waals surface area contributed by atoms with E-state index in [1.165, 1.54) is 0 Å². The normalized spacial score (nSPS) is 15.3. The van der Waals surface area contributed by atoms with E-state index in [2.05, 4.69) is 27.7 Å². The van der Waals surface area contributed by atoms with Crippen molar-refractivity contribution < 1.29 is 5.11 Å². The first kappa shape index (κ1) is 16.8. The lowest BCUT2D eigenvalue weighted by Gasteiger charge is -2.25. The maximum absolute atomic E-state index is 10.2. The predicted molar refractivity (Wildman–Crippen MR) is 84.0 cm³/mol. The molecule has 0 saturated heterocycles. The van der Waals surface area contributed by atoms with Gasteiger partial charge < -0.3 is 5.11 Å². The summed E-state index contributed by atoms with van der Waals surface area (Å²) in [5.74, 6) is 0.493. The number of halogens is 2. The lowest BCUT2D eigenvalue weighted by molar-refractivity contribution is 0.133. The van der Waals surface area contributed by atoms with Gasteiger partial charge in [0, 0.05) is 0 Å². The summed E-state index contributed by atoms with van der Waals surface area (Å²) < 4.78 is 0. The van der Waals surface area contributed by atoms with Crippen LogP contribution in [-0.2, 0) is 6.42 Å². The maximum atomic E-state index is 10.2. The van der Waals surface area contributed by atoms with Gasteiger partial charge in [0.15, 0.2) is 0 Å². The molecule has 0 aliphatic heterocycles. The Labute approximate surface area is 126 Å². The average Bonchev–Trinajstić information content (AvgIpc) is 2.21. The molecule has 1 nitrogen and oxygen atoms in total. The van der Waals surface area contributed by atoms with Crippen LogP contribution in [0.3, 0.4) is 0 Å². The van der Waals surface area contributed by atoms with Gasteiger partial charge in [0.05, 0.1) is 16.1 Å². The predicted octanol–water partition coefficient (Wildman–Crippen LogP) is 5.36. The van der Waals surface area contributed by atoms with Crippen LogP contribution >= 0.6 is 23.2 Å². The molecule has 1 aromatic rings. The molecule has 2 unspecified atom stereocenters. The fraction of sp³-hybridized carbons (Fsp3) is 0.625. The minimum absolute atomic E-state index is 0.298. The lowest BCUT2D eigenvalue weighted by Crippen LogP contribution is -2.19. The lowest BCUT2D eigenvalue weighted by atomic mass is 9.83. The molecule has 2 atom stereocenters. The van der Waals surface area contributed by atoms with Crippen molar-refractivity contribution in [3.8, 4) is 0 Å². The minimum Gasteiger partial charge on any atom is -0.393 e. The van der Waals surface area contributed by atoms with E-state index < -0.39 is 0 Å². The first-order valence-electron chi connectivity index (χ1n) is 6.80. The van der Waals surface area contributed by atoms with Crippen molar-refractivity contribution in [2.45, 2.75) is 53.1 Å². The Morgan fingerprint density at radius 1 is 1.21 bits per heavy atom. The Hall–Kier alpha value is -0.240. The van der Waals surface area contributed by atoms with Gasteiger partial charge in [0.2, 0.25) is 0 Å². The van der Waals surface area contributed by atoms with E-state index in [0.717, 1.165) is 18.4 Å². The van der Waals surface area contributed by atoms with Crippen molar-refractivity contribution in [1.82, 2.24) is 0 Å². The molecule has 0 aliphatic carbocycles. The third kappa shape index (κ3) is 6.16. The van der Waals surface area contributed by atoms with Crippen molar-refractivity contribution in [3.63, 3.8) is 0 Å². The zero-order chi connectivity index (χ0) is 14.6. The summed E-state index contributed by atoms with van der Waals surface area (Å²) in [4.78, 5) is 0. The Morgan fingerprint density at radius 2 is 1.84 bits per heavy atom. The largest absolute Gasteiger partial charge is 0.393 e. The summed E-state index contributed by atoms with van der Waals surface area (Å²) in [5, 5.41) is 11.3. The van der Waals surface area contributed by atoms with E-state index in [0.29, 0.717) is 27.8 Å². The van der Waals surface area contributed by atoms with Crippen LogP contribution in [-0.4, -0.2) is 11.2 Å². The van der Waals surface area contributed by atoms with Gasteiger partial charge in [-0.2, -0.15) is 0 Å². The molecule has 0 bridgehead atoms. The van der Waals surface area contributed by atoms with Gasteiger partial charge in [-0.05, 0) is 42.2 Å². The zero-order valence-electron chi connectivity index (χ0n) is 12.2. The van der Waals surface area contributed by atoms with Gasteiger partial charge in [-0.3, -0.25) is 0 Å². The van der Waals surface area contributed by atoms with Gasteiger partial charge in [0.1, 0.15) is 0 Å². The standard InChI is InChI=1S/C16H24Cl2O/c1-11(10-16(2,3)4)8-13(19)9-12-6-5-7-14(17)15(12)18/h5-7,11,13,19H,8-10H2,1-4H3. The van der Waals surface area contributed by atoms with Gasteiger partial charge in [-0.15, -0.1) is 0 Å². The fourth-order valence-corrected chi connectivity index (χ4v) is 3.03. The van der Waals surface area contributed by atoms with E-state index in [1.54, 1.807) is 6.07 Å². The first-order valence-corrected chi connectivity index (χ1v) is 7.55. The number of aliphatic hydroxyl groups excluding tert-OH is 1. The third-order valence-corrected chi connectivity index (χ3v) is 3.98. The SMILES string of the molecule is CC(CC(O)Cc1cccc(Cl)c1Cl)CC(C)(C)C. The molecule has 1 aromatic carbocycles. The molecule has 1 rings (SSSR count). The highest BCUT2D eigenvalue weighted by atomic mass is 35.5. The van der Waals surface area contributed by atoms with E-state index in [-0.39, 0.29) is 6.10 Å². The van der Waals surface area contributed by atoms with Crippen LogP contribution in [0.4, 0.5) is 0 Å². The zero-order valence-corrected chi connectivity index (χ0v) is 13.7. The molecular formula is C16H24Cl2O. The molecular weight excluding hydrogens is 279 g/mol. The summed E-state index contributed by atoms with van der Waals surface area (Å²) in [5.41, 5.74) is 1.22. The highest BCUT2D eigenvalue weighted by molar-refractivity contribution is 6.42.